The second-order valence-electron chi connectivity index (χ2n) is 13.8. The van der Waals surface area contributed by atoms with Gasteiger partial charge in [0.25, 0.3) is 0 Å². The van der Waals surface area contributed by atoms with Crippen LogP contribution >= 0.6 is 0 Å². The first-order chi connectivity index (χ1) is 23.8. The van der Waals surface area contributed by atoms with E-state index in [-0.39, 0.29) is 13.0 Å². The van der Waals surface area contributed by atoms with E-state index in [2.05, 4.69) is 19.6 Å². The van der Waals surface area contributed by atoms with Gasteiger partial charge in [-0.15, -0.1) is 0 Å². The molecule has 5 N–H and O–H groups in total. The minimum absolute atomic E-state index is 0.199. The van der Waals surface area contributed by atoms with Crippen LogP contribution in [0.5, 0.6) is 0 Å². The van der Waals surface area contributed by atoms with E-state index in [0.717, 1.165) is 27.7 Å². The third-order valence-electron chi connectivity index (χ3n) is 8.22. The molecule has 0 unspecified atom stereocenters. The molecule has 3 aliphatic rings. The molecular formula is C31H52O19Si. The van der Waals surface area contributed by atoms with Crippen LogP contribution in [0.3, 0.4) is 0 Å². The molecule has 0 amide bonds. The summed E-state index contributed by atoms with van der Waals surface area (Å²) in [6.07, 6.45) is -20.5. The van der Waals surface area contributed by atoms with Crippen molar-refractivity contribution in [3.05, 3.63) is 0 Å². The van der Waals surface area contributed by atoms with Crippen LogP contribution in [0.2, 0.25) is 25.7 Å². The molecule has 20 heteroatoms. The summed E-state index contributed by atoms with van der Waals surface area (Å²) in [6.45, 7) is 9.20. The largest absolute Gasteiger partial charge is 0.463 e. The normalized spacial score (nSPS) is 37.3. The van der Waals surface area contributed by atoms with Crippen molar-refractivity contribution in [1.82, 2.24) is 0 Å². The molecule has 0 aromatic rings. The predicted octanol–water partition coefficient (Wildman–Crippen LogP) is -1.90. The standard InChI is InChI=1S/C31H52O19Si/c1-14(34)42-13-22-26(27(44-16(3)36)28(45-17(4)37)31(49-22)41-8-9-51(5,6)7)50-29-19(43-15(2)35)10-18(20(11-32)47-29)46-30-25(40)24(39)23(38)21(12-33)48-30/h18-33,38-40H,8-13H2,1-7H3/t18-,19-,20-,21-,22-,23+,24+,25-,26-,27+,28-,29+,30+,31-/m1/s1. The SMILES string of the molecule is CC(=O)OC[C@H]1O[C@@H](OCC[Si](C)(C)C)[C@H](OC(C)=O)[C@@H](OC(C)=O)[C@@H]1O[C@@H]1O[C@H](CO)[C@H](O[C@H]2O[C@H](CO)[C@H](O)[C@H](O)[C@H]2O)C[C@H]1OC(C)=O. The quantitative estimate of drug-likeness (QED) is 0.0694. The lowest BCUT2D eigenvalue weighted by Crippen LogP contribution is -2.65. The maximum atomic E-state index is 12.4. The minimum Gasteiger partial charge on any atom is -0.463 e. The zero-order valence-corrected chi connectivity index (χ0v) is 30.8. The summed E-state index contributed by atoms with van der Waals surface area (Å²) in [5.74, 6) is -3.04. The maximum Gasteiger partial charge on any atom is 0.303 e. The lowest BCUT2D eigenvalue weighted by molar-refractivity contribution is -0.365. The molecule has 3 aliphatic heterocycles. The third kappa shape index (κ3) is 12.4. The fraction of sp³-hybridized carbons (Fsp3) is 0.871. The summed E-state index contributed by atoms with van der Waals surface area (Å²) in [6, 6.07) is 0.696. The number of rotatable bonds is 15. The number of carbonyl (C=O) groups excluding carboxylic acids is 4. The van der Waals surface area contributed by atoms with Crippen molar-refractivity contribution in [1.29, 1.82) is 0 Å². The molecule has 3 saturated heterocycles. The first kappa shape index (κ1) is 43.1. The number of hydrogen-bond acceptors (Lipinski definition) is 19. The number of ether oxygens (including phenoxy) is 10. The molecule has 51 heavy (non-hydrogen) atoms. The smallest absolute Gasteiger partial charge is 0.303 e. The summed E-state index contributed by atoms with van der Waals surface area (Å²) >= 11 is 0. The van der Waals surface area contributed by atoms with Gasteiger partial charge in [0, 0.05) is 48.8 Å². The second-order valence-corrected chi connectivity index (χ2v) is 19.4. The van der Waals surface area contributed by atoms with Crippen LogP contribution in [-0.4, -0.2) is 170 Å². The number of esters is 4. The van der Waals surface area contributed by atoms with Gasteiger partial charge in [-0.1, -0.05) is 19.6 Å². The van der Waals surface area contributed by atoms with Crippen molar-refractivity contribution in [2.45, 2.75) is 146 Å². The van der Waals surface area contributed by atoms with Crippen LogP contribution in [-0.2, 0) is 66.5 Å². The van der Waals surface area contributed by atoms with E-state index in [1.54, 1.807) is 0 Å². The Labute approximate surface area is 296 Å². The highest BCUT2D eigenvalue weighted by atomic mass is 28.3. The van der Waals surface area contributed by atoms with E-state index in [0.29, 0.717) is 6.04 Å². The van der Waals surface area contributed by atoms with Crippen LogP contribution in [0.25, 0.3) is 0 Å². The Kier molecular flexibility index (Phi) is 16.1. The molecule has 0 radical (unpaired) electrons. The Bertz CT molecular complexity index is 1160. The fourth-order valence-electron chi connectivity index (χ4n) is 5.72. The zero-order chi connectivity index (χ0) is 38.2. The lowest BCUT2D eigenvalue weighted by atomic mass is 9.97. The molecule has 3 heterocycles. The number of hydrogen-bond donors (Lipinski definition) is 5. The molecule has 0 spiro atoms. The van der Waals surface area contributed by atoms with Crippen LogP contribution in [0.4, 0.5) is 0 Å². The molecule has 3 fully saturated rings. The molecule has 294 valence electrons. The molecule has 14 atom stereocenters. The Hall–Kier alpha value is -2.34. The Morgan fingerprint density at radius 1 is 0.627 bits per heavy atom. The van der Waals surface area contributed by atoms with E-state index < -0.39 is 138 Å². The van der Waals surface area contributed by atoms with E-state index in [1.165, 1.54) is 0 Å². The van der Waals surface area contributed by atoms with Gasteiger partial charge in [-0.3, -0.25) is 19.2 Å². The van der Waals surface area contributed by atoms with Crippen LogP contribution in [0.1, 0.15) is 34.1 Å². The summed E-state index contributed by atoms with van der Waals surface area (Å²) in [5, 5.41) is 50.8. The fourth-order valence-corrected chi connectivity index (χ4v) is 6.45. The highest BCUT2D eigenvalue weighted by Gasteiger charge is 2.55. The molecule has 0 saturated carbocycles. The van der Waals surface area contributed by atoms with E-state index >= 15 is 0 Å². The summed E-state index contributed by atoms with van der Waals surface area (Å²) in [7, 11) is -1.61. The molecule has 19 nitrogen and oxygen atoms in total. The van der Waals surface area contributed by atoms with Gasteiger partial charge in [0.05, 0.1) is 19.3 Å². The Morgan fingerprint density at radius 3 is 1.75 bits per heavy atom. The molecule has 3 rings (SSSR count). The number of aliphatic hydroxyl groups is 5. The van der Waals surface area contributed by atoms with Crippen molar-refractivity contribution in [3.63, 3.8) is 0 Å². The molecule has 0 aromatic heterocycles. The van der Waals surface area contributed by atoms with Crippen molar-refractivity contribution in [3.8, 4) is 0 Å². The second kappa shape index (κ2) is 19.1. The number of aliphatic hydroxyl groups excluding tert-OH is 5. The number of carbonyl (C=O) groups is 4. The first-order valence-electron chi connectivity index (χ1n) is 16.6. The highest BCUT2D eigenvalue weighted by Crippen LogP contribution is 2.35. The zero-order valence-electron chi connectivity index (χ0n) is 29.8. The monoisotopic (exact) mass is 756 g/mol. The molecule has 0 bridgehead atoms. The van der Waals surface area contributed by atoms with Crippen molar-refractivity contribution < 1.29 is 92.1 Å². The van der Waals surface area contributed by atoms with Gasteiger partial charge in [-0.05, 0) is 6.04 Å². The van der Waals surface area contributed by atoms with Gasteiger partial charge >= 0.3 is 23.9 Å². The first-order valence-corrected chi connectivity index (χ1v) is 20.4. The van der Waals surface area contributed by atoms with E-state index in [9.17, 15) is 44.7 Å². The summed E-state index contributed by atoms with van der Waals surface area (Å²) in [4.78, 5) is 48.9. The average Bonchev–Trinajstić information content (AvgIpc) is 3.02. The van der Waals surface area contributed by atoms with Gasteiger partial charge < -0.3 is 72.9 Å². The average molecular weight is 757 g/mol. The van der Waals surface area contributed by atoms with Gasteiger partial charge in [0.2, 0.25) is 0 Å². The third-order valence-corrected chi connectivity index (χ3v) is 9.92. The van der Waals surface area contributed by atoms with Crippen molar-refractivity contribution in [2.75, 3.05) is 26.4 Å². The Morgan fingerprint density at radius 2 is 1.20 bits per heavy atom. The van der Waals surface area contributed by atoms with Gasteiger partial charge in [-0.2, -0.15) is 0 Å². The maximum absolute atomic E-state index is 12.4. The van der Waals surface area contributed by atoms with E-state index in [4.69, 9.17) is 47.4 Å². The van der Waals surface area contributed by atoms with Gasteiger partial charge in [0.1, 0.15) is 49.3 Å². The minimum atomic E-state index is -1.78. The van der Waals surface area contributed by atoms with Crippen molar-refractivity contribution in [2.24, 2.45) is 0 Å². The predicted molar refractivity (Wildman–Crippen MR) is 170 cm³/mol. The lowest BCUT2D eigenvalue weighted by Gasteiger charge is -2.48. The Balaban J connectivity index is 1.96. The summed E-state index contributed by atoms with van der Waals surface area (Å²) < 4.78 is 57.6. The van der Waals surface area contributed by atoms with Crippen LogP contribution < -0.4 is 0 Å². The molecule has 0 aromatic carbocycles. The van der Waals surface area contributed by atoms with Crippen LogP contribution in [0.15, 0.2) is 0 Å². The van der Waals surface area contributed by atoms with Gasteiger partial charge in [-0.25, -0.2) is 0 Å². The van der Waals surface area contributed by atoms with E-state index in [1.807, 2.05) is 0 Å². The molecule has 0 aliphatic carbocycles. The highest BCUT2D eigenvalue weighted by molar-refractivity contribution is 6.76. The van der Waals surface area contributed by atoms with Crippen molar-refractivity contribution >= 4 is 32.0 Å². The molecular weight excluding hydrogens is 704 g/mol. The topological polar surface area (TPSA) is 262 Å². The van der Waals surface area contributed by atoms with Crippen LogP contribution in [0, 0.1) is 0 Å². The summed E-state index contributed by atoms with van der Waals surface area (Å²) in [5.41, 5.74) is 0. The van der Waals surface area contributed by atoms with Gasteiger partial charge in [0.15, 0.2) is 37.2 Å².